The van der Waals surface area contributed by atoms with Gasteiger partial charge in [0.15, 0.2) is 0 Å². The molecule has 2 aliphatic heterocycles. The highest BCUT2D eigenvalue weighted by atomic mass is 16.2. The molecule has 0 bridgehead atoms. The third kappa shape index (κ3) is 3.42. The van der Waals surface area contributed by atoms with Crippen LogP contribution < -0.4 is 10.6 Å². The van der Waals surface area contributed by atoms with E-state index in [2.05, 4.69) is 15.5 Å². The fourth-order valence-corrected chi connectivity index (χ4v) is 3.23. The molecule has 2 rings (SSSR count). The van der Waals surface area contributed by atoms with Crippen molar-refractivity contribution in [3.05, 3.63) is 0 Å². The van der Waals surface area contributed by atoms with Gasteiger partial charge < -0.3 is 10.6 Å². The minimum absolute atomic E-state index is 0.183. The minimum atomic E-state index is 0.183. The highest BCUT2D eigenvalue weighted by molar-refractivity contribution is 5.78. The van der Waals surface area contributed by atoms with Gasteiger partial charge in [0, 0.05) is 12.6 Å². The second kappa shape index (κ2) is 6.36. The van der Waals surface area contributed by atoms with E-state index in [0.29, 0.717) is 12.6 Å². The molecular formula is C13H25N3O. The number of carbonyl (C=O) groups is 1. The van der Waals surface area contributed by atoms with E-state index >= 15 is 0 Å². The maximum absolute atomic E-state index is 11.7. The molecule has 4 heteroatoms. The minimum Gasteiger partial charge on any atom is -0.355 e. The van der Waals surface area contributed by atoms with E-state index in [0.717, 1.165) is 25.6 Å². The van der Waals surface area contributed by atoms with Gasteiger partial charge >= 0.3 is 0 Å². The van der Waals surface area contributed by atoms with Gasteiger partial charge in [0.2, 0.25) is 5.91 Å². The smallest absolute Gasteiger partial charge is 0.234 e. The van der Waals surface area contributed by atoms with Crippen molar-refractivity contribution in [2.45, 2.75) is 38.6 Å². The number of amides is 1. The van der Waals surface area contributed by atoms with Crippen molar-refractivity contribution in [2.75, 3.05) is 32.7 Å². The summed E-state index contributed by atoms with van der Waals surface area (Å²) in [6, 6.07) is 0.630. The van der Waals surface area contributed by atoms with Gasteiger partial charge in [-0.15, -0.1) is 0 Å². The highest BCUT2D eigenvalue weighted by Crippen LogP contribution is 2.27. The highest BCUT2D eigenvalue weighted by Gasteiger charge is 2.33. The molecule has 2 atom stereocenters. The van der Waals surface area contributed by atoms with Gasteiger partial charge in [-0.2, -0.15) is 0 Å². The molecule has 0 aliphatic carbocycles. The molecule has 98 valence electrons. The number of nitrogens with one attached hydrogen (secondary N) is 2. The maximum atomic E-state index is 11.7. The van der Waals surface area contributed by atoms with Gasteiger partial charge in [-0.1, -0.05) is 0 Å². The predicted octanol–water partition coefficient (Wildman–Crippen LogP) is 0.587. The van der Waals surface area contributed by atoms with Crippen LogP contribution in [0.15, 0.2) is 0 Å². The molecule has 0 saturated carbocycles. The molecule has 0 radical (unpaired) electrons. The number of carbonyl (C=O) groups excluding carboxylic acids is 1. The summed E-state index contributed by atoms with van der Waals surface area (Å²) in [5.74, 6) is 0.934. The van der Waals surface area contributed by atoms with Crippen LogP contribution in [0.2, 0.25) is 0 Å². The van der Waals surface area contributed by atoms with Crippen molar-refractivity contribution >= 4 is 5.91 Å². The van der Waals surface area contributed by atoms with Crippen molar-refractivity contribution in [1.29, 1.82) is 0 Å². The summed E-state index contributed by atoms with van der Waals surface area (Å²) < 4.78 is 0. The summed E-state index contributed by atoms with van der Waals surface area (Å²) >= 11 is 0. The molecule has 0 aromatic rings. The third-order valence-electron chi connectivity index (χ3n) is 4.01. The molecule has 2 N–H and O–H groups in total. The second-order valence-electron chi connectivity index (χ2n) is 5.24. The van der Waals surface area contributed by atoms with Crippen LogP contribution in [0.5, 0.6) is 0 Å². The monoisotopic (exact) mass is 239 g/mol. The van der Waals surface area contributed by atoms with Crippen LogP contribution in [0, 0.1) is 5.92 Å². The predicted molar refractivity (Wildman–Crippen MR) is 68.9 cm³/mol. The Morgan fingerprint density at radius 2 is 2.29 bits per heavy atom. The van der Waals surface area contributed by atoms with Gasteiger partial charge in [-0.25, -0.2) is 0 Å². The number of hydrogen-bond donors (Lipinski definition) is 2. The van der Waals surface area contributed by atoms with Crippen LogP contribution in [0.1, 0.15) is 32.6 Å². The van der Waals surface area contributed by atoms with Crippen molar-refractivity contribution in [2.24, 2.45) is 5.92 Å². The lowest BCUT2D eigenvalue weighted by molar-refractivity contribution is -0.122. The summed E-state index contributed by atoms with van der Waals surface area (Å²) in [6.07, 6.45) is 5.13. The molecule has 2 aliphatic rings. The molecule has 0 aromatic carbocycles. The Bertz CT molecular complexity index is 251. The summed E-state index contributed by atoms with van der Waals surface area (Å²) in [4.78, 5) is 14.1. The van der Waals surface area contributed by atoms with Crippen LogP contribution >= 0.6 is 0 Å². The van der Waals surface area contributed by atoms with Gasteiger partial charge in [0.1, 0.15) is 0 Å². The van der Waals surface area contributed by atoms with E-state index in [-0.39, 0.29) is 5.91 Å². The van der Waals surface area contributed by atoms with Crippen molar-refractivity contribution < 1.29 is 4.79 Å². The lowest BCUT2D eigenvalue weighted by atomic mass is 9.90. The zero-order chi connectivity index (χ0) is 12.1. The lowest BCUT2D eigenvalue weighted by Gasteiger charge is -2.34. The van der Waals surface area contributed by atoms with E-state index in [1.807, 2.05) is 6.92 Å². The number of likely N-dealkylation sites (N-methyl/N-ethyl adjacent to an activating group) is 1. The van der Waals surface area contributed by atoms with E-state index in [1.165, 1.54) is 32.2 Å². The number of hydrogen-bond acceptors (Lipinski definition) is 3. The summed E-state index contributed by atoms with van der Waals surface area (Å²) in [5, 5.41) is 6.38. The molecule has 2 fully saturated rings. The summed E-state index contributed by atoms with van der Waals surface area (Å²) in [5.41, 5.74) is 0. The van der Waals surface area contributed by atoms with E-state index in [4.69, 9.17) is 0 Å². The van der Waals surface area contributed by atoms with Crippen molar-refractivity contribution in [3.63, 3.8) is 0 Å². The summed E-state index contributed by atoms with van der Waals surface area (Å²) in [6.45, 7) is 6.70. The van der Waals surface area contributed by atoms with Crippen LogP contribution in [0.4, 0.5) is 0 Å². The molecule has 2 saturated heterocycles. The molecule has 17 heavy (non-hydrogen) atoms. The SMILES string of the molecule is CCNC(=O)CN1CCCC1C1CCCNC1. The second-order valence-corrected chi connectivity index (χ2v) is 5.24. The first kappa shape index (κ1) is 12.8. The molecule has 0 aromatic heterocycles. The number of rotatable bonds is 4. The zero-order valence-electron chi connectivity index (χ0n) is 10.9. The summed E-state index contributed by atoms with van der Waals surface area (Å²) in [7, 11) is 0. The number of piperidine rings is 1. The Labute approximate surface area is 104 Å². The number of likely N-dealkylation sites (tertiary alicyclic amines) is 1. The average Bonchev–Trinajstić information content (AvgIpc) is 2.78. The Kier molecular flexibility index (Phi) is 4.80. The van der Waals surface area contributed by atoms with Gasteiger partial charge in [-0.05, 0) is 58.2 Å². The van der Waals surface area contributed by atoms with Gasteiger partial charge in [0.05, 0.1) is 6.54 Å². The topological polar surface area (TPSA) is 44.4 Å². The van der Waals surface area contributed by atoms with E-state index in [1.54, 1.807) is 0 Å². The largest absolute Gasteiger partial charge is 0.355 e. The first-order chi connectivity index (χ1) is 8.31. The number of nitrogens with zero attached hydrogens (tertiary/aromatic N) is 1. The molecule has 2 heterocycles. The first-order valence-electron chi connectivity index (χ1n) is 7.02. The van der Waals surface area contributed by atoms with Crippen molar-refractivity contribution in [3.8, 4) is 0 Å². The fourth-order valence-electron chi connectivity index (χ4n) is 3.23. The van der Waals surface area contributed by atoms with Gasteiger partial charge in [-0.3, -0.25) is 9.69 Å². The van der Waals surface area contributed by atoms with Crippen LogP contribution in [-0.4, -0.2) is 49.6 Å². The van der Waals surface area contributed by atoms with E-state index < -0.39 is 0 Å². The Balaban J connectivity index is 1.85. The standard InChI is InChI=1S/C13H25N3O/c1-2-15-13(17)10-16-8-4-6-12(16)11-5-3-7-14-9-11/h11-12,14H,2-10H2,1H3,(H,15,17). The lowest BCUT2D eigenvalue weighted by Crippen LogP contribution is -2.46. The normalized spacial score (nSPS) is 30.4. The third-order valence-corrected chi connectivity index (χ3v) is 4.01. The molecular weight excluding hydrogens is 214 g/mol. The molecule has 0 spiro atoms. The molecule has 1 amide bonds. The van der Waals surface area contributed by atoms with Crippen molar-refractivity contribution in [1.82, 2.24) is 15.5 Å². The maximum Gasteiger partial charge on any atom is 0.234 e. The Morgan fingerprint density at radius 1 is 1.41 bits per heavy atom. The average molecular weight is 239 g/mol. The van der Waals surface area contributed by atoms with E-state index in [9.17, 15) is 4.79 Å². The zero-order valence-corrected chi connectivity index (χ0v) is 10.9. The Hall–Kier alpha value is -0.610. The molecule has 2 unspecified atom stereocenters. The first-order valence-corrected chi connectivity index (χ1v) is 7.02. The molecule has 4 nitrogen and oxygen atoms in total. The van der Waals surface area contributed by atoms with Crippen LogP contribution in [0.3, 0.4) is 0 Å². The fraction of sp³-hybridized carbons (Fsp3) is 0.923. The van der Waals surface area contributed by atoms with Gasteiger partial charge in [0.25, 0.3) is 0 Å². The van der Waals surface area contributed by atoms with Crippen LogP contribution in [0.25, 0.3) is 0 Å². The van der Waals surface area contributed by atoms with Crippen LogP contribution in [-0.2, 0) is 4.79 Å². The quantitative estimate of drug-likeness (QED) is 0.754. The Morgan fingerprint density at radius 3 is 3.00 bits per heavy atom.